The minimum Gasteiger partial charge on any atom is -0.465 e. The molecule has 104 valence electrons. The number of benzene rings is 1. The van der Waals surface area contributed by atoms with E-state index >= 15 is 0 Å². The maximum absolute atomic E-state index is 11.3. The third kappa shape index (κ3) is 3.78. The minimum absolute atomic E-state index is 0.272. The van der Waals surface area contributed by atoms with Crippen LogP contribution in [0.3, 0.4) is 0 Å². The second-order valence-electron chi connectivity index (χ2n) is 5.01. The average molecular weight is 263 g/mol. The molecule has 1 heterocycles. The highest BCUT2D eigenvalue weighted by Gasteiger charge is 2.21. The standard InChI is InChI=1S/C15H21NO3/c1-11-7-8-16-9-14(11)19-10-12-3-5-13(6-4-12)15(17)18-2/h3-6,11,14,16H,7-10H2,1-2H3. The zero-order valence-electron chi connectivity index (χ0n) is 11.5. The van der Waals surface area contributed by atoms with Gasteiger partial charge in [-0.3, -0.25) is 0 Å². The molecule has 1 aromatic rings. The highest BCUT2D eigenvalue weighted by Crippen LogP contribution is 2.16. The SMILES string of the molecule is COC(=O)c1ccc(COC2CNCCC2C)cc1. The molecule has 1 fully saturated rings. The molecule has 1 aliphatic heterocycles. The lowest BCUT2D eigenvalue weighted by Crippen LogP contribution is -2.40. The van der Waals surface area contributed by atoms with E-state index < -0.39 is 0 Å². The van der Waals surface area contributed by atoms with Gasteiger partial charge in [-0.15, -0.1) is 0 Å². The fourth-order valence-corrected chi connectivity index (χ4v) is 2.24. The van der Waals surface area contributed by atoms with Crippen molar-refractivity contribution in [3.8, 4) is 0 Å². The first-order valence-electron chi connectivity index (χ1n) is 6.70. The van der Waals surface area contributed by atoms with Crippen LogP contribution in [0.15, 0.2) is 24.3 Å². The highest BCUT2D eigenvalue weighted by molar-refractivity contribution is 5.89. The Morgan fingerprint density at radius 1 is 1.37 bits per heavy atom. The number of carbonyl (C=O) groups excluding carboxylic acids is 1. The normalized spacial score (nSPS) is 23.1. The van der Waals surface area contributed by atoms with Crippen LogP contribution in [-0.2, 0) is 16.1 Å². The zero-order chi connectivity index (χ0) is 13.7. The van der Waals surface area contributed by atoms with Crippen LogP contribution in [0.2, 0.25) is 0 Å². The van der Waals surface area contributed by atoms with E-state index in [0.717, 1.165) is 25.1 Å². The van der Waals surface area contributed by atoms with E-state index in [-0.39, 0.29) is 12.1 Å². The Morgan fingerprint density at radius 3 is 2.74 bits per heavy atom. The van der Waals surface area contributed by atoms with Crippen LogP contribution >= 0.6 is 0 Å². The van der Waals surface area contributed by atoms with E-state index in [1.54, 1.807) is 12.1 Å². The first kappa shape index (κ1) is 14.0. The van der Waals surface area contributed by atoms with Gasteiger partial charge in [-0.2, -0.15) is 0 Å². The van der Waals surface area contributed by atoms with Crippen LogP contribution < -0.4 is 5.32 Å². The molecule has 4 heteroatoms. The number of ether oxygens (including phenoxy) is 2. The lowest BCUT2D eigenvalue weighted by atomic mass is 9.97. The molecule has 2 atom stereocenters. The molecule has 4 nitrogen and oxygen atoms in total. The largest absolute Gasteiger partial charge is 0.465 e. The number of piperidine rings is 1. The molecular formula is C15H21NO3. The minimum atomic E-state index is -0.308. The Balaban J connectivity index is 1.87. The van der Waals surface area contributed by atoms with Gasteiger partial charge in [0.05, 0.1) is 25.4 Å². The summed E-state index contributed by atoms with van der Waals surface area (Å²) in [5.74, 6) is 0.285. The van der Waals surface area contributed by atoms with E-state index in [1.807, 2.05) is 12.1 Å². The summed E-state index contributed by atoms with van der Waals surface area (Å²) in [5.41, 5.74) is 1.64. The van der Waals surface area contributed by atoms with E-state index in [0.29, 0.717) is 18.1 Å². The lowest BCUT2D eigenvalue weighted by Gasteiger charge is -2.29. The van der Waals surface area contributed by atoms with Crippen molar-refractivity contribution in [3.05, 3.63) is 35.4 Å². The molecule has 0 bridgehead atoms. The Hall–Kier alpha value is -1.39. The summed E-state index contributed by atoms with van der Waals surface area (Å²) < 4.78 is 10.6. The van der Waals surface area contributed by atoms with Gasteiger partial charge in [0.1, 0.15) is 0 Å². The van der Waals surface area contributed by atoms with Crippen LogP contribution in [0, 0.1) is 5.92 Å². The van der Waals surface area contributed by atoms with Gasteiger partial charge in [-0.05, 0) is 36.6 Å². The number of hydrogen-bond acceptors (Lipinski definition) is 4. The number of nitrogens with one attached hydrogen (secondary N) is 1. The van der Waals surface area contributed by atoms with E-state index in [2.05, 4.69) is 17.0 Å². The summed E-state index contributed by atoms with van der Waals surface area (Å²) in [5, 5.41) is 3.35. The molecule has 1 saturated heterocycles. The summed E-state index contributed by atoms with van der Waals surface area (Å²) in [6.07, 6.45) is 1.43. The molecule has 1 aromatic carbocycles. The van der Waals surface area contributed by atoms with Crippen molar-refractivity contribution < 1.29 is 14.3 Å². The molecule has 0 radical (unpaired) electrons. The molecule has 1 aliphatic rings. The molecule has 0 saturated carbocycles. The van der Waals surface area contributed by atoms with Crippen molar-refractivity contribution in [2.75, 3.05) is 20.2 Å². The molecule has 2 rings (SSSR count). The van der Waals surface area contributed by atoms with Gasteiger partial charge in [-0.1, -0.05) is 19.1 Å². The Labute approximate surface area is 114 Å². The second-order valence-corrected chi connectivity index (χ2v) is 5.01. The van der Waals surface area contributed by atoms with E-state index in [9.17, 15) is 4.79 Å². The van der Waals surface area contributed by atoms with Crippen LogP contribution in [0.4, 0.5) is 0 Å². The molecule has 2 unspecified atom stereocenters. The third-order valence-corrected chi connectivity index (χ3v) is 3.60. The first-order chi connectivity index (χ1) is 9.20. The molecule has 0 aliphatic carbocycles. The maximum atomic E-state index is 11.3. The number of rotatable bonds is 4. The van der Waals surface area contributed by atoms with E-state index in [1.165, 1.54) is 7.11 Å². The third-order valence-electron chi connectivity index (χ3n) is 3.60. The summed E-state index contributed by atoms with van der Waals surface area (Å²) in [6.45, 7) is 4.81. The number of hydrogen-bond donors (Lipinski definition) is 1. The Bertz CT molecular complexity index is 416. The summed E-state index contributed by atoms with van der Waals surface area (Å²) in [6, 6.07) is 7.36. The predicted octanol–water partition coefficient (Wildman–Crippen LogP) is 1.99. The molecule has 0 aromatic heterocycles. The number of esters is 1. The van der Waals surface area contributed by atoms with Crippen molar-refractivity contribution >= 4 is 5.97 Å². The fraction of sp³-hybridized carbons (Fsp3) is 0.533. The summed E-state index contributed by atoms with van der Waals surface area (Å²) >= 11 is 0. The van der Waals surface area contributed by atoms with E-state index in [4.69, 9.17) is 4.74 Å². The average Bonchev–Trinajstić information content (AvgIpc) is 2.46. The fourth-order valence-electron chi connectivity index (χ4n) is 2.24. The van der Waals surface area contributed by atoms with Crippen LogP contribution in [0.1, 0.15) is 29.3 Å². The van der Waals surface area contributed by atoms with Crippen molar-refractivity contribution in [2.24, 2.45) is 5.92 Å². The molecular weight excluding hydrogens is 242 g/mol. The quantitative estimate of drug-likeness (QED) is 0.844. The van der Waals surface area contributed by atoms with Gasteiger partial charge < -0.3 is 14.8 Å². The second kappa shape index (κ2) is 6.68. The summed E-state index contributed by atoms with van der Waals surface area (Å²) in [4.78, 5) is 11.3. The van der Waals surface area contributed by atoms with Gasteiger partial charge in [0.15, 0.2) is 0 Å². The van der Waals surface area contributed by atoms with Crippen molar-refractivity contribution in [3.63, 3.8) is 0 Å². The lowest BCUT2D eigenvalue weighted by molar-refractivity contribution is -0.00659. The zero-order valence-corrected chi connectivity index (χ0v) is 11.5. The van der Waals surface area contributed by atoms with Crippen LogP contribution in [0.5, 0.6) is 0 Å². The van der Waals surface area contributed by atoms with Crippen molar-refractivity contribution in [1.29, 1.82) is 0 Å². The molecule has 0 spiro atoms. The molecule has 19 heavy (non-hydrogen) atoms. The summed E-state index contributed by atoms with van der Waals surface area (Å²) in [7, 11) is 1.39. The van der Waals surface area contributed by atoms with Gasteiger partial charge in [0, 0.05) is 6.54 Å². The monoisotopic (exact) mass is 263 g/mol. The smallest absolute Gasteiger partial charge is 0.337 e. The highest BCUT2D eigenvalue weighted by atomic mass is 16.5. The maximum Gasteiger partial charge on any atom is 0.337 e. The number of methoxy groups -OCH3 is 1. The Morgan fingerprint density at radius 2 is 2.11 bits per heavy atom. The van der Waals surface area contributed by atoms with Gasteiger partial charge in [0.2, 0.25) is 0 Å². The van der Waals surface area contributed by atoms with Gasteiger partial charge in [-0.25, -0.2) is 4.79 Å². The van der Waals surface area contributed by atoms with Crippen molar-refractivity contribution in [1.82, 2.24) is 5.32 Å². The van der Waals surface area contributed by atoms with Crippen LogP contribution in [-0.4, -0.2) is 32.3 Å². The first-order valence-corrected chi connectivity index (χ1v) is 6.70. The molecule has 0 amide bonds. The van der Waals surface area contributed by atoms with Crippen molar-refractivity contribution in [2.45, 2.75) is 26.1 Å². The molecule has 1 N–H and O–H groups in total. The van der Waals surface area contributed by atoms with Crippen LogP contribution in [0.25, 0.3) is 0 Å². The number of carbonyl (C=O) groups is 1. The van der Waals surface area contributed by atoms with Gasteiger partial charge >= 0.3 is 5.97 Å². The Kier molecular flexibility index (Phi) is 4.93. The van der Waals surface area contributed by atoms with Gasteiger partial charge in [0.25, 0.3) is 0 Å². The predicted molar refractivity (Wildman–Crippen MR) is 73.0 cm³/mol. The topological polar surface area (TPSA) is 47.6 Å².